The molecule has 1 aliphatic carbocycles. The summed E-state index contributed by atoms with van der Waals surface area (Å²) in [5.41, 5.74) is 1.54. The molecule has 0 aliphatic heterocycles. The highest BCUT2D eigenvalue weighted by Gasteiger charge is 2.44. The number of amides is 2. The largest absolute Gasteiger partial charge is 0.347 e. The minimum Gasteiger partial charge on any atom is -0.347 e. The Morgan fingerprint density at radius 1 is 1.04 bits per heavy atom. The second kappa shape index (κ2) is 6.90. The average molecular weight is 354 g/mol. The highest BCUT2D eigenvalue weighted by atomic mass is 19.1. The van der Waals surface area contributed by atoms with Gasteiger partial charge in [-0.25, -0.2) is 4.39 Å². The van der Waals surface area contributed by atoms with E-state index in [4.69, 9.17) is 0 Å². The first-order valence-electron chi connectivity index (χ1n) is 8.72. The summed E-state index contributed by atoms with van der Waals surface area (Å²) in [6.07, 6.45) is 0.730. The molecule has 0 heterocycles. The number of benzene rings is 2. The predicted molar refractivity (Wildman–Crippen MR) is 99.5 cm³/mol. The molecule has 4 nitrogen and oxygen atoms in total. The summed E-state index contributed by atoms with van der Waals surface area (Å²) in [5, 5.41) is 5.78. The van der Waals surface area contributed by atoms with Crippen LogP contribution in [-0.4, -0.2) is 17.4 Å². The van der Waals surface area contributed by atoms with Crippen LogP contribution >= 0.6 is 0 Å². The number of hydrogen-bond acceptors (Lipinski definition) is 2. The standard InChI is InChI=1S/C21H23FN2O2/c1-21(2,3)24-20(26)15-6-4-5-7-18(15)23-19(25)17-12-16(17)13-8-10-14(22)11-9-13/h4-11,16-17H,12H2,1-3H3,(H,23,25)(H,24,26). The normalized spacial score (nSPS) is 18.9. The molecule has 1 fully saturated rings. The van der Waals surface area contributed by atoms with E-state index in [2.05, 4.69) is 10.6 Å². The molecule has 26 heavy (non-hydrogen) atoms. The molecular formula is C21H23FN2O2. The Balaban J connectivity index is 1.69. The molecule has 0 saturated heterocycles. The van der Waals surface area contributed by atoms with E-state index >= 15 is 0 Å². The highest BCUT2D eigenvalue weighted by Crippen LogP contribution is 2.48. The molecule has 136 valence electrons. The van der Waals surface area contributed by atoms with Gasteiger partial charge in [0.15, 0.2) is 0 Å². The van der Waals surface area contributed by atoms with Gasteiger partial charge in [0.25, 0.3) is 5.91 Å². The summed E-state index contributed by atoms with van der Waals surface area (Å²) in [6, 6.07) is 13.2. The van der Waals surface area contributed by atoms with Crippen LogP contribution in [0.15, 0.2) is 48.5 Å². The van der Waals surface area contributed by atoms with Crippen LogP contribution in [0.4, 0.5) is 10.1 Å². The number of para-hydroxylation sites is 1. The van der Waals surface area contributed by atoms with Crippen LogP contribution in [0.1, 0.15) is 49.0 Å². The number of carbonyl (C=O) groups excluding carboxylic acids is 2. The van der Waals surface area contributed by atoms with Crippen LogP contribution in [0.3, 0.4) is 0 Å². The van der Waals surface area contributed by atoms with Crippen molar-refractivity contribution in [1.82, 2.24) is 5.32 Å². The first-order valence-corrected chi connectivity index (χ1v) is 8.72. The second-order valence-electron chi connectivity index (χ2n) is 7.74. The summed E-state index contributed by atoms with van der Waals surface area (Å²) < 4.78 is 13.0. The molecule has 1 saturated carbocycles. The van der Waals surface area contributed by atoms with Crippen LogP contribution < -0.4 is 10.6 Å². The Bertz CT molecular complexity index is 825. The number of carbonyl (C=O) groups is 2. The molecule has 2 N–H and O–H groups in total. The zero-order valence-electron chi connectivity index (χ0n) is 15.2. The summed E-state index contributed by atoms with van der Waals surface area (Å²) in [4.78, 5) is 25.0. The maximum atomic E-state index is 13.0. The van der Waals surface area contributed by atoms with Crippen molar-refractivity contribution >= 4 is 17.5 Å². The van der Waals surface area contributed by atoms with Gasteiger partial charge < -0.3 is 10.6 Å². The van der Waals surface area contributed by atoms with E-state index in [0.717, 1.165) is 12.0 Å². The number of anilines is 1. The molecule has 2 atom stereocenters. The van der Waals surface area contributed by atoms with Gasteiger partial charge in [0.05, 0.1) is 11.3 Å². The number of nitrogens with one attached hydrogen (secondary N) is 2. The molecule has 0 radical (unpaired) electrons. The Morgan fingerprint density at radius 3 is 2.35 bits per heavy atom. The first kappa shape index (κ1) is 18.1. The van der Waals surface area contributed by atoms with Gasteiger partial charge >= 0.3 is 0 Å². The van der Waals surface area contributed by atoms with Crippen LogP contribution in [0, 0.1) is 11.7 Å². The van der Waals surface area contributed by atoms with E-state index in [1.165, 1.54) is 12.1 Å². The molecule has 0 aromatic heterocycles. The number of halogens is 1. The Hall–Kier alpha value is -2.69. The van der Waals surface area contributed by atoms with Crippen LogP contribution in [-0.2, 0) is 4.79 Å². The SMILES string of the molecule is CC(C)(C)NC(=O)c1ccccc1NC(=O)C1CC1c1ccc(F)cc1. The minimum atomic E-state index is -0.363. The van der Waals surface area contributed by atoms with Crippen molar-refractivity contribution in [3.8, 4) is 0 Å². The van der Waals surface area contributed by atoms with E-state index in [0.29, 0.717) is 11.3 Å². The van der Waals surface area contributed by atoms with Gasteiger partial charge in [-0.2, -0.15) is 0 Å². The van der Waals surface area contributed by atoms with Crippen molar-refractivity contribution in [1.29, 1.82) is 0 Å². The van der Waals surface area contributed by atoms with Crippen molar-refractivity contribution in [3.63, 3.8) is 0 Å². The molecule has 2 aromatic carbocycles. The monoisotopic (exact) mass is 354 g/mol. The van der Waals surface area contributed by atoms with Gasteiger partial charge in [-0.15, -0.1) is 0 Å². The summed E-state index contributed by atoms with van der Waals surface area (Å²) in [5.74, 6) is -0.672. The third-order valence-electron chi connectivity index (χ3n) is 4.34. The van der Waals surface area contributed by atoms with Gasteiger partial charge in [-0.05, 0) is 62.9 Å². The minimum absolute atomic E-state index is 0.103. The number of rotatable bonds is 4. The third kappa shape index (κ3) is 4.28. The van der Waals surface area contributed by atoms with Crippen LogP contribution in [0.2, 0.25) is 0 Å². The first-order chi connectivity index (χ1) is 12.2. The summed E-state index contributed by atoms with van der Waals surface area (Å²) in [6.45, 7) is 5.72. The lowest BCUT2D eigenvalue weighted by Gasteiger charge is -2.21. The third-order valence-corrected chi connectivity index (χ3v) is 4.34. The quantitative estimate of drug-likeness (QED) is 0.869. The highest BCUT2D eigenvalue weighted by molar-refractivity contribution is 6.05. The van der Waals surface area contributed by atoms with E-state index in [1.807, 2.05) is 20.8 Å². The van der Waals surface area contributed by atoms with Crippen LogP contribution in [0.25, 0.3) is 0 Å². The lowest BCUT2D eigenvalue weighted by atomic mass is 10.1. The van der Waals surface area contributed by atoms with Crippen molar-refractivity contribution in [3.05, 3.63) is 65.5 Å². The maximum Gasteiger partial charge on any atom is 0.253 e. The lowest BCUT2D eigenvalue weighted by molar-refractivity contribution is -0.117. The van der Waals surface area contributed by atoms with Crippen molar-refractivity contribution < 1.29 is 14.0 Å². The summed E-state index contributed by atoms with van der Waals surface area (Å²) >= 11 is 0. The average Bonchev–Trinajstić information content (AvgIpc) is 3.35. The molecule has 0 spiro atoms. The molecule has 2 amide bonds. The number of hydrogen-bond donors (Lipinski definition) is 2. The predicted octanol–water partition coefficient (Wildman–Crippen LogP) is 4.10. The van der Waals surface area contributed by atoms with Crippen molar-refractivity contribution in [2.75, 3.05) is 5.32 Å². The fourth-order valence-electron chi connectivity index (χ4n) is 2.99. The zero-order chi connectivity index (χ0) is 18.9. The Morgan fingerprint density at radius 2 is 1.69 bits per heavy atom. The van der Waals surface area contributed by atoms with Gasteiger partial charge in [-0.3, -0.25) is 9.59 Å². The molecule has 2 unspecified atom stereocenters. The van der Waals surface area contributed by atoms with Crippen molar-refractivity contribution in [2.24, 2.45) is 5.92 Å². The van der Waals surface area contributed by atoms with E-state index in [-0.39, 0.29) is 35.0 Å². The fourth-order valence-corrected chi connectivity index (χ4v) is 2.99. The van der Waals surface area contributed by atoms with Gasteiger partial charge in [-0.1, -0.05) is 24.3 Å². The molecule has 3 rings (SSSR count). The lowest BCUT2D eigenvalue weighted by Crippen LogP contribution is -2.40. The van der Waals surface area contributed by atoms with E-state index < -0.39 is 0 Å². The molecule has 5 heteroatoms. The zero-order valence-corrected chi connectivity index (χ0v) is 15.2. The summed E-state index contributed by atoms with van der Waals surface area (Å²) in [7, 11) is 0. The van der Waals surface area contributed by atoms with E-state index in [9.17, 15) is 14.0 Å². The van der Waals surface area contributed by atoms with Crippen LogP contribution in [0.5, 0.6) is 0 Å². The fraction of sp³-hybridized carbons (Fsp3) is 0.333. The molecule has 2 aromatic rings. The van der Waals surface area contributed by atoms with Crippen molar-refractivity contribution in [2.45, 2.75) is 38.6 Å². The second-order valence-corrected chi connectivity index (χ2v) is 7.74. The van der Waals surface area contributed by atoms with Gasteiger partial charge in [0.1, 0.15) is 5.82 Å². The van der Waals surface area contributed by atoms with Gasteiger partial charge in [0, 0.05) is 11.5 Å². The topological polar surface area (TPSA) is 58.2 Å². The van der Waals surface area contributed by atoms with Gasteiger partial charge in [0.2, 0.25) is 5.91 Å². The smallest absolute Gasteiger partial charge is 0.253 e. The Labute approximate surface area is 152 Å². The van der Waals surface area contributed by atoms with E-state index in [1.54, 1.807) is 36.4 Å². The molecule has 1 aliphatic rings. The Kier molecular flexibility index (Phi) is 4.81. The maximum absolute atomic E-state index is 13.0. The molecular weight excluding hydrogens is 331 g/mol. The molecule has 0 bridgehead atoms.